The fourth-order valence-electron chi connectivity index (χ4n) is 7.13. The molecule has 5 heterocycles. The summed E-state index contributed by atoms with van der Waals surface area (Å²) < 4.78 is 100. The average Bonchev–Trinajstić information content (AvgIpc) is 4.04. The number of hydrogen-bond donors (Lipinski definition) is 4. The summed E-state index contributed by atoms with van der Waals surface area (Å²) in [5.41, 5.74) is 9.39. The molecular formula is C44H28F2N2O6S2Se2. The summed E-state index contributed by atoms with van der Waals surface area (Å²) in [6.07, 6.45) is 0. The van der Waals surface area contributed by atoms with E-state index in [2.05, 4.69) is 22.1 Å². The van der Waals surface area contributed by atoms with Crippen LogP contribution in [0.1, 0.15) is 45.0 Å². The molecule has 9 rings (SSSR count). The van der Waals surface area contributed by atoms with Crippen LogP contribution in [0, 0.1) is 11.6 Å². The van der Waals surface area contributed by atoms with E-state index in [-0.39, 0.29) is 50.4 Å². The first-order valence-corrected chi connectivity index (χ1v) is 23.9. The third-order valence-electron chi connectivity index (χ3n) is 9.79. The van der Waals surface area contributed by atoms with E-state index in [9.17, 15) is 34.7 Å². The molecule has 0 unspecified atom stereocenters. The zero-order valence-corrected chi connectivity index (χ0v) is 34.8. The number of nitrogens with one attached hydrogen (secondary N) is 2. The van der Waals surface area contributed by atoms with Crippen LogP contribution in [0.5, 0.6) is 0 Å². The quantitative estimate of drug-likeness (QED) is 0.143. The summed E-state index contributed by atoms with van der Waals surface area (Å²) in [7, 11) is -8.89. The number of halogens is 2. The summed E-state index contributed by atoms with van der Waals surface area (Å²) >= 11 is -0.688. The summed E-state index contributed by atoms with van der Waals surface area (Å²) in [5, 5.41) is 0. The predicted molar refractivity (Wildman–Crippen MR) is 219 cm³/mol. The standard InChI is InChI=1S/C44H28F2N2O6S2Se2/c45-29-9-1-25(2-10-29)41-33-17-19-35(47-33)43(27-5-13-31(14-6-27)55(49,50)51)39-23-24-40(58-39)44(28-7-15-32(16-8-28)56(52,53)54)36-20-18-34(48-36)42(38-22-21-37(41)57-38)26-3-11-30(46)12-4-26/h1-24,47-48H,(H,49,50,51)(H,52,53,54). The first-order chi connectivity index (χ1) is 27.8. The Morgan fingerprint density at radius 2 is 0.603 bits per heavy atom. The average molecular weight is 941 g/mol. The van der Waals surface area contributed by atoms with Crippen molar-refractivity contribution in [2.45, 2.75) is 9.79 Å². The van der Waals surface area contributed by atoms with Gasteiger partial charge in [0.15, 0.2) is 0 Å². The minimum atomic E-state index is -4.45. The molecule has 0 aliphatic carbocycles. The minimum absolute atomic E-state index is 0.240. The molecule has 0 saturated heterocycles. The Morgan fingerprint density at radius 1 is 0.362 bits per heavy atom. The fraction of sp³-hybridized carbons (Fsp3) is 0. The first-order valence-electron chi connectivity index (χ1n) is 17.6. The molecule has 4 aromatic carbocycles. The Hall–Kier alpha value is -5.40. The van der Waals surface area contributed by atoms with E-state index in [0.717, 1.165) is 72.6 Å². The molecule has 14 heteroatoms. The van der Waals surface area contributed by atoms with Gasteiger partial charge >= 0.3 is 345 Å². The van der Waals surface area contributed by atoms with Gasteiger partial charge in [-0.2, -0.15) is 0 Å². The monoisotopic (exact) mass is 942 g/mol. The molecule has 0 fully saturated rings. The van der Waals surface area contributed by atoms with Crippen molar-refractivity contribution >= 4 is 71.5 Å². The van der Waals surface area contributed by atoms with Gasteiger partial charge in [-0.15, -0.1) is 0 Å². The van der Waals surface area contributed by atoms with Crippen molar-refractivity contribution in [2.24, 2.45) is 0 Å². The van der Waals surface area contributed by atoms with Gasteiger partial charge in [0.1, 0.15) is 0 Å². The Kier molecular flexibility index (Phi) is 9.71. The van der Waals surface area contributed by atoms with Gasteiger partial charge in [0.25, 0.3) is 0 Å². The van der Waals surface area contributed by atoms with Gasteiger partial charge in [-0.3, -0.25) is 0 Å². The molecular weight excluding hydrogens is 913 g/mol. The van der Waals surface area contributed by atoms with Gasteiger partial charge in [-0.1, -0.05) is 0 Å². The van der Waals surface area contributed by atoms with Crippen LogP contribution in [-0.2, 0) is 20.2 Å². The van der Waals surface area contributed by atoms with Crippen LogP contribution in [0.2, 0.25) is 0 Å². The van der Waals surface area contributed by atoms with Crippen LogP contribution < -0.4 is 16.4 Å². The van der Waals surface area contributed by atoms with Crippen LogP contribution in [0.25, 0.3) is 22.3 Å². The topological polar surface area (TPSA) is 140 Å². The second-order valence-electron chi connectivity index (χ2n) is 13.4. The molecule has 288 valence electrons. The van der Waals surface area contributed by atoms with Gasteiger partial charge in [0.05, 0.1) is 0 Å². The molecule has 4 N–H and O–H groups in total. The number of fused-ring (bicyclic) bond motifs is 8. The fourth-order valence-corrected chi connectivity index (χ4v) is 13.0. The van der Waals surface area contributed by atoms with Gasteiger partial charge in [-0.25, -0.2) is 0 Å². The van der Waals surface area contributed by atoms with Crippen molar-refractivity contribution in [3.05, 3.63) is 219 Å². The molecule has 0 atom stereocenters. The van der Waals surface area contributed by atoms with E-state index >= 15 is 0 Å². The molecule has 58 heavy (non-hydrogen) atoms. The third kappa shape index (κ3) is 7.30. The van der Waals surface area contributed by atoms with Crippen molar-refractivity contribution in [1.29, 1.82) is 0 Å². The number of benzene rings is 4. The van der Waals surface area contributed by atoms with E-state index in [0.29, 0.717) is 11.1 Å². The van der Waals surface area contributed by atoms with Gasteiger partial charge in [-0.05, 0) is 0 Å². The summed E-state index contributed by atoms with van der Waals surface area (Å²) in [4.78, 5) is 6.81. The van der Waals surface area contributed by atoms with Crippen molar-refractivity contribution in [1.82, 2.24) is 9.97 Å². The van der Waals surface area contributed by atoms with Crippen LogP contribution >= 0.6 is 0 Å². The second kappa shape index (κ2) is 14.8. The summed E-state index contributed by atoms with van der Waals surface area (Å²) in [6, 6.07) is 40.7. The molecule has 1 aliphatic heterocycles. The van der Waals surface area contributed by atoms with Crippen molar-refractivity contribution in [3.63, 3.8) is 0 Å². The van der Waals surface area contributed by atoms with Gasteiger partial charge in [0, 0.05) is 0 Å². The Morgan fingerprint density at radius 3 is 0.845 bits per heavy atom. The van der Waals surface area contributed by atoms with Crippen molar-refractivity contribution in [3.8, 4) is 0 Å². The molecule has 0 saturated carbocycles. The summed E-state index contributed by atoms with van der Waals surface area (Å²) in [5.74, 6) is -0.728. The molecule has 8 aromatic rings. The van der Waals surface area contributed by atoms with Crippen LogP contribution in [-0.4, -0.2) is 64.9 Å². The zero-order valence-electron chi connectivity index (χ0n) is 29.8. The third-order valence-corrected chi connectivity index (χ3v) is 16.2. The van der Waals surface area contributed by atoms with Gasteiger partial charge in [0.2, 0.25) is 0 Å². The number of hydrogen-bond acceptors (Lipinski definition) is 4. The van der Waals surface area contributed by atoms with E-state index < -0.39 is 20.2 Å². The van der Waals surface area contributed by atoms with Crippen LogP contribution in [0.3, 0.4) is 0 Å². The molecule has 8 bridgehead atoms. The Balaban J connectivity index is 1.41. The number of aromatic nitrogens is 2. The Bertz CT molecular complexity index is 3160. The molecule has 1 aliphatic rings. The number of aromatic amines is 2. The van der Waals surface area contributed by atoms with Crippen molar-refractivity contribution < 1.29 is 34.7 Å². The normalized spacial score (nSPS) is 13.3. The number of rotatable bonds is 6. The first kappa shape index (κ1) is 38.1. The molecule has 0 spiro atoms. The maximum absolute atomic E-state index is 14.3. The SMILES string of the molecule is O=S(=O)(O)c1ccc(C2=c3ccc([se]3)=C(c3ccc(S(=O)(=O)O)cc3)c3ccc([nH]3)C(c3ccc(F)cc3)=c3ccc([se]3)=C(c3ccc(F)cc3)c3ccc2[nH]3)cc1. The predicted octanol–water partition coefficient (Wildman–Crippen LogP) is 4.53. The summed E-state index contributed by atoms with van der Waals surface area (Å²) in [6.45, 7) is 0. The van der Waals surface area contributed by atoms with Crippen molar-refractivity contribution in [2.75, 3.05) is 0 Å². The van der Waals surface area contributed by atoms with E-state index in [1.807, 2.05) is 36.4 Å². The molecule has 8 nitrogen and oxygen atoms in total. The zero-order chi connectivity index (χ0) is 40.3. The molecule has 0 radical (unpaired) electrons. The van der Waals surface area contributed by atoms with E-state index in [1.54, 1.807) is 48.5 Å². The van der Waals surface area contributed by atoms with E-state index in [4.69, 9.17) is 0 Å². The molecule has 4 aromatic heterocycles. The van der Waals surface area contributed by atoms with E-state index in [1.165, 1.54) is 48.5 Å². The number of H-pyrrole nitrogens is 2. The maximum atomic E-state index is 14.3. The van der Waals surface area contributed by atoms with Crippen LogP contribution in [0.15, 0.2) is 155 Å². The second-order valence-corrected chi connectivity index (χ2v) is 20.8. The van der Waals surface area contributed by atoms with Crippen LogP contribution in [0.4, 0.5) is 8.78 Å². The van der Waals surface area contributed by atoms with Gasteiger partial charge < -0.3 is 0 Å². The Labute approximate surface area is 342 Å². The molecule has 0 amide bonds.